The summed E-state index contributed by atoms with van der Waals surface area (Å²) >= 11 is 0. The van der Waals surface area contributed by atoms with Crippen LogP contribution in [-0.4, -0.2) is 20.4 Å². The van der Waals surface area contributed by atoms with Crippen LogP contribution in [0.25, 0.3) is 0 Å². The highest BCUT2D eigenvalue weighted by molar-refractivity contribution is 5.43. The largest absolute Gasteiger partial charge is 0.508 e. The topological polar surface area (TPSA) is 80.9 Å². The summed E-state index contributed by atoms with van der Waals surface area (Å²) in [5.41, 5.74) is 4.42. The molecule has 0 saturated heterocycles. The van der Waals surface area contributed by atoms with Gasteiger partial charge >= 0.3 is 0 Å². The van der Waals surface area contributed by atoms with Crippen molar-refractivity contribution in [3.8, 4) is 23.0 Å². The first-order chi connectivity index (χ1) is 17.1. The molecular formula is C32H36O4. The summed E-state index contributed by atoms with van der Waals surface area (Å²) in [5.74, 6) is 1.12. The van der Waals surface area contributed by atoms with Crippen LogP contribution in [0.3, 0.4) is 0 Å². The number of rotatable bonds is 6. The van der Waals surface area contributed by atoms with Crippen LogP contribution >= 0.6 is 0 Å². The molecule has 0 heterocycles. The summed E-state index contributed by atoms with van der Waals surface area (Å²) in [4.78, 5) is 0. The summed E-state index contributed by atoms with van der Waals surface area (Å²) in [7, 11) is 0. The van der Waals surface area contributed by atoms with Gasteiger partial charge in [0.2, 0.25) is 0 Å². The van der Waals surface area contributed by atoms with Crippen molar-refractivity contribution in [2.45, 2.75) is 51.4 Å². The molecule has 4 aromatic carbocycles. The quantitative estimate of drug-likeness (QED) is 0.227. The Hall–Kier alpha value is -3.92. The molecule has 4 heteroatoms. The van der Waals surface area contributed by atoms with E-state index >= 15 is 0 Å². The fourth-order valence-corrected chi connectivity index (χ4v) is 4.47. The van der Waals surface area contributed by atoms with E-state index in [0.717, 1.165) is 35.1 Å². The van der Waals surface area contributed by atoms with Gasteiger partial charge in [-0.3, -0.25) is 0 Å². The van der Waals surface area contributed by atoms with Gasteiger partial charge in [0.1, 0.15) is 23.0 Å². The molecule has 0 atom stereocenters. The third-order valence-corrected chi connectivity index (χ3v) is 7.43. The number of phenolic OH excluding ortho intramolecular Hbond substituents is 4. The molecule has 4 rings (SSSR count). The molecule has 0 aliphatic rings. The number of aromatic hydroxyl groups is 4. The zero-order chi connectivity index (χ0) is 26.3. The summed E-state index contributed by atoms with van der Waals surface area (Å²) < 4.78 is 0. The van der Waals surface area contributed by atoms with Gasteiger partial charge in [-0.1, -0.05) is 76.2 Å². The Morgan fingerprint density at radius 1 is 0.389 bits per heavy atom. The van der Waals surface area contributed by atoms with Crippen LogP contribution in [-0.2, 0) is 10.8 Å². The summed E-state index contributed by atoms with van der Waals surface area (Å²) in [5, 5.41) is 37.5. The first-order valence-corrected chi connectivity index (χ1v) is 12.3. The van der Waals surface area contributed by atoms with Crippen LogP contribution in [0, 0.1) is 0 Å². The smallest absolute Gasteiger partial charge is 0.115 e. The maximum Gasteiger partial charge on any atom is 0.115 e. The van der Waals surface area contributed by atoms with Crippen LogP contribution in [0.2, 0.25) is 0 Å². The number of hydrogen-bond acceptors (Lipinski definition) is 4. The van der Waals surface area contributed by atoms with Gasteiger partial charge in [-0.25, -0.2) is 0 Å². The van der Waals surface area contributed by atoms with Crippen LogP contribution < -0.4 is 0 Å². The maximum atomic E-state index is 9.37. The monoisotopic (exact) mass is 484 g/mol. The van der Waals surface area contributed by atoms with Gasteiger partial charge in [0.15, 0.2) is 0 Å². The van der Waals surface area contributed by atoms with Gasteiger partial charge in [0.05, 0.1) is 0 Å². The van der Waals surface area contributed by atoms with E-state index in [9.17, 15) is 20.4 Å². The Bertz CT molecular complexity index is 1030. The van der Waals surface area contributed by atoms with Crippen molar-refractivity contribution in [3.63, 3.8) is 0 Å². The molecule has 0 aliphatic heterocycles. The molecule has 0 fully saturated rings. The number of hydrogen-bond donors (Lipinski definition) is 4. The molecule has 4 aromatic rings. The lowest BCUT2D eigenvalue weighted by atomic mass is 9.74. The lowest BCUT2D eigenvalue weighted by Crippen LogP contribution is -2.22. The average Bonchev–Trinajstić information content (AvgIpc) is 2.90. The predicted octanol–water partition coefficient (Wildman–Crippen LogP) is 7.63. The number of benzene rings is 4. The molecule has 0 radical (unpaired) electrons. The Kier molecular flexibility index (Phi) is 8.31. The van der Waals surface area contributed by atoms with Gasteiger partial charge in [0.25, 0.3) is 0 Å². The van der Waals surface area contributed by atoms with E-state index in [2.05, 4.69) is 27.7 Å². The van der Waals surface area contributed by atoms with Gasteiger partial charge in [-0.2, -0.15) is 0 Å². The first kappa shape index (κ1) is 26.7. The van der Waals surface area contributed by atoms with Crippen LogP contribution in [0.4, 0.5) is 0 Å². The van der Waals surface area contributed by atoms with Gasteiger partial charge in [-0.15, -0.1) is 0 Å². The van der Waals surface area contributed by atoms with Crippen molar-refractivity contribution in [1.29, 1.82) is 0 Å². The van der Waals surface area contributed by atoms with Crippen LogP contribution in [0.5, 0.6) is 23.0 Å². The minimum atomic E-state index is -0.110. The van der Waals surface area contributed by atoms with E-state index in [0.29, 0.717) is 0 Å². The molecular weight excluding hydrogens is 448 g/mol. The molecule has 0 aliphatic carbocycles. The Morgan fingerprint density at radius 2 is 0.556 bits per heavy atom. The number of phenols is 4. The van der Waals surface area contributed by atoms with E-state index in [1.54, 1.807) is 48.5 Å². The predicted molar refractivity (Wildman–Crippen MR) is 146 cm³/mol. The molecule has 0 saturated carbocycles. The zero-order valence-corrected chi connectivity index (χ0v) is 21.4. The Balaban J connectivity index is 0.000000201. The second kappa shape index (κ2) is 11.2. The van der Waals surface area contributed by atoms with Crippen molar-refractivity contribution in [1.82, 2.24) is 0 Å². The van der Waals surface area contributed by atoms with E-state index in [-0.39, 0.29) is 33.8 Å². The van der Waals surface area contributed by atoms with Crippen molar-refractivity contribution in [3.05, 3.63) is 119 Å². The normalized spacial score (nSPS) is 11.4. The molecule has 0 aromatic heterocycles. The molecule has 0 spiro atoms. The lowest BCUT2D eigenvalue weighted by Gasteiger charge is -2.29. The van der Waals surface area contributed by atoms with Crippen molar-refractivity contribution in [2.75, 3.05) is 0 Å². The van der Waals surface area contributed by atoms with Crippen LogP contribution in [0.15, 0.2) is 97.1 Å². The molecule has 0 unspecified atom stereocenters. The molecule has 0 bridgehead atoms. The minimum absolute atomic E-state index is 0.110. The molecule has 36 heavy (non-hydrogen) atoms. The van der Waals surface area contributed by atoms with Gasteiger partial charge in [-0.05, 0) is 83.6 Å². The maximum absolute atomic E-state index is 9.37. The average molecular weight is 485 g/mol. The van der Waals surface area contributed by atoms with Crippen molar-refractivity contribution in [2.24, 2.45) is 0 Å². The highest BCUT2D eigenvalue weighted by Crippen LogP contribution is 2.37. The van der Waals surface area contributed by atoms with E-state index < -0.39 is 0 Å². The van der Waals surface area contributed by atoms with Crippen molar-refractivity contribution >= 4 is 0 Å². The van der Waals surface area contributed by atoms with Gasteiger partial charge < -0.3 is 20.4 Å². The zero-order valence-electron chi connectivity index (χ0n) is 21.4. The summed E-state index contributed by atoms with van der Waals surface area (Å²) in [6.07, 6.45) is 1.89. The second-order valence-corrected chi connectivity index (χ2v) is 9.56. The first-order valence-electron chi connectivity index (χ1n) is 12.3. The molecule has 4 N–H and O–H groups in total. The Labute approximate surface area is 214 Å². The van der Waals surface area contributed by atoms with Gasteiger partial charge in [0, 0.05) is 10.8 Å². The fourth-order valence-electron chi connectivity index (χ4n) is 4.47. The molecule has 4 nitrogen and oxygen atoms in total. The standard InChI is InChI=1S/2C16H18O2/c2*1-3-16(2,12-4-8-14(17)9-5-12)13-6-10-15(18)11-7-13/h2*4-11,17-18H,3H2,1-2H3. The third-order valence-electron chi connectivity index (χ3n) is 7.43. The van der Waals surface area contributed by atoms with Crippen LogP contribution in [0.1, 0.15) is 62.8 Å². The minimum Gasteiger partial charge on any atom is -0.508 e. The van der Waals surface area contributed by atoms with E-state index in [1.807, 2.05) is 48.5 Å². The fraction of sp³-hybridized carbons (Fsp3) is 0.250. The summed E-state index contributed by atoms with van der Waals surface area (Å²) in [6.45, 7) is 8.62. The van der Waals surface area contributed by atoms with E-state index in [1.165, 1.54) is 0 Å². The highest BCUT2D eigenvalue weighted by atomic mass is 16.3. The summed E-state index contributed by atoms with van der Waals surface area (Å²) in [6, 6.07) is 29.3. The van der Waals surface area contributed by atoms with E-state index in [4.69, 9.17) is 0 Å². The third kappa shape index (κ3) is 5.83. The Morgan fingerprint density at radius 3 is 0.694 bits per heavy atom. The molecule has 188 valence electrons. The second-order valence-electron chi connectivity index (χ2n) is 9.56. The highest BCUT2D eigenvalue weighted by Gasteiger charge is 2.27. The molecule has 0 amide bonds. The van der Waals surface area contributed by atoms with Crippen molar-refractivity contribution < 1.29 is 20.4 Å². The SMILES string of the molecule is CCC(C)(c1ccc(O)cc1)c1ccc(O)cc1.CCC(C)(c1ccc(O)cc1)c1ccc(O)cc1. The lowest BCUT2D eigenvalue weighted by molar-refractivity contribution is 0.471.